The van der Waals surface area contributed by atoms with Crippen molar-refractivity contribution < 1.29 is 19.1 Å². The number of fused-ring (bicyclic) bond motifs is 2. The standard InChI is InChI=1S/C16H12O5.Na.H/c1-2-20-10-4-6-13-12(8-10)15(17)11-5-3-9(16(18)19)7-14(11)21-13;;/h3-8H,2H2,1H3,(H,18,19);;. The molecule has 0 bridgehead atoms. The third-order valence-corrected chi connectivity index (χ3v) is 3.20. The molecule has 0 unspecified atom stereocenters. The fourth-order valence-corrected chi connectivity index (χ4v) is 2.22. The number of hydrogen-bond donors (Lipinski definition) is 1. The Morgan fingerprint density at radius 1 is 1.14 bits per heavy atom. The number of ether oxygens (including phenoxy) is 1. The molecule has 3 rings (SSSR count). The minimum absolute atomic E-state index is 0. The molecule has 0 aliphatic carbocycles. The van der Waals surface area contributed by atoms with E-state index in [-0.39, 0.29) is 46.1 Å². The van der Waals surface area contributed by atoms with Crippen molar-refractivity contribution in [3.63, 3.8) is 0 Å². The fraction of sp³-hybridized carbons (Fsp3) is 0.125. The van der Waals surface area contributed by atoms with Gasteiger partial charge >= 0.3 is 35.5 Å². The van der Waals surface area contributed by atoms with Crippen molar-refractivity contribution in [2.45, 2.75) is 6.92 Å². The number of carboxylic acid groups (broad SMARTS) is 1. The molecule has 0 radical (unpaired) electrons. The zero-order chi connectivity index (χ0) is 15.0. The van der Waals surface area contributed by atoms with Crippen LogP contribution in [0.25, 0.3) is 21.9 Å². The van der Waals surface area contributed by atoms with Crippen LogP contribution >= 0.6 is 0 Å². The van der Waals surface area contributed by atoms with Crippen LogP contribution in [0.3, 0.4) is 0 Å². The molecule has 2 aromatic carbocycles. The second-order valence-corrected chi connectivity index (χ2v) is 4.54. The topological polar surface area (TPSA) is 76.7 Å². The van der Waals surface area contributed by atoms with Crippen LogP contribution in [0.1, 0.15) is 17.3 Å². The summed E-state index contributed by atoms with van der Waals surface area (Å²) < 4.78 is 11.0. The van der Waals surface area contributed by atoms with Crippen molar-refractivity contribution in [1.82, 2.24) is 0 Å². The summed E-state index contributed by atoms with van der Waals surface area (Å²) in [5.74, 6) is -0.467. The molecule has 1 aromatic heterocycles. The van der Waals surface area contributed by atoms with Crippen LogP contribution in [0.15, 0.2) is 45.6 Å². The van der Waals surface area contributed by atoms with E-state index in [1.54, 1.807) is 18.2 Å². The van der Waals surface area contributed by atoms with Gasteiger partial charge in [-0.2, -0.15) is 0 Å². The monoisotopic (exact) mass is 308 g/mol. The predicted molar refractivity (Wildman–Crippen MR) is 85.3 cm³/mol. The normalized spacial score (nSPS) is 10.4. The van der Waals surface area contributed by atoms with E-state index in [0.29, 0.717) is 28.7 Å². The summed E-state index contributed by atoms with van der Waals surface area (Å²) in [5.41, 5.74) is 0.538. The number of benzene rings is 2. The van der Waals surface area contributed by atoms with Gasteiger partial charge in [-0.05, 0) is 43.3 Å². The molecule has 0 atom stereocenters. The molecular weight excluding hydrogens is 295 g/mol. The Balaban J connectivity index is 0.00000176. The molecule has 3 aromatic rings. The average molecular weight is 308 g/mol. The van der Waals surface area contributed by atoms with Crippen LogP contribution in [0, 0.1) is 0 Å². The van der Waals surface area contributed by atoms with Crippen molar-refractivity contribution in [3.05, 3.63) is 52.2 Å². The SMILES string of the molecule is CCOc1ccc2oc3cc(C(=O)O)ccc3c(=O)c2c1.[NaH]. The molecule has 0 fully saturated rings. The summed E-state index contributed by atoms with van der Waals surface area (Å²) >= 11 is 0. The summed E-state index contributed by atoms with van der Waals surface area (Å²) in [6, 6.07) is 9.21. The number of hydrogen-bond acceptors (Lipinski definition) is 4. The van der Waals surface area contributed by atoms with Gasteiger partial charge in [0, 0.05) is 0 Å². The first-order valence-corrected chi connectivity index (χ1v) is 6.47. The van der Waals surface area contributed by atoms with Gasteiger partial charge in [-0.15, -0.1) is 0 Å². The van der Waals surface area contributed by atoms with Crippen molar-refractivity contribution >= 4 is 57.5 Å². The molecule has 0 saturated heterocycles. The van der Waals surface area contributed by atoms with E-state index in [1.807, 2.05) is 6.92 Å². The van der Waals surface area contributed by atoms with Gasteiger partial charge < -0.3 is 14.3 Å². The summed E-state index contributed by atoms with van der Waals surface area (Å²) in [7, 11) is 0. The van der Waals surface area contributed by atoms with E-state index in [4.69, 9.17) is 14.3 Å². The molecule has 1 N–H and O–H groups in total. The average Bonchev–Trinajstić information content (AvgIpc) is 2.48. The molecule has 1 heterocycles. The molecule has 5 nitrogen and oxygen atoms in total. The minimum atomic E-state index is -1.06. The second kappa shape index (κ2) is 6.52. The molecule has 0 aliphatic rings. The van der Waals surface area contributed by atoms with Crippen LogP contribution in [-0.2, 0) is 0 Å². The van der Waals surface area contributed by atoms with Gasteiger partial charge in [0.05, 0.1) is 22.9 Å². The zero-order valence-electron chi connectivity index (χ0n) is 11.3. The number of carbonyl (C=O) groups is 1. The van der Waals surface area contributed by atoms with Crippen molar-refractivity contribution in [2.75, 3.05) is 6.61 Å². The van der Waals surface area contributed by atoms with Crippen LogP contribution in [0.4, 0.5) is 0 Å². The number of aromatic carboxylic acids is 1. The molecule has 108 valence electrons. The Kier molecular flexibility index (Phi) is 4.90. The third kappa shape index (κ3) is 2.88. The van der Waals surface area contributed by atoms with Crippen LogP contribution < -0.4 is 10.2 Å². The zero-order valence-corrected chi connectivity index (χ0v) is 11.3. The quantitative estimate of drug-likeness (QED) is 0.594. The summed E-state index contributed by atoms with van der Waals surface area (Å²) in [6.07, 6.45) is 0. The Hall–Kier alpha value is -1.82. The maximum absolute atomic E-state index is 12.5. The van der Waals surface area contributed by atoms with E-state index >= 15 is 0 Å². The van der Waals surface area contributed by atoms with E-state index in [2.05, 4.69) is 0 Å². The Bertz CT molecular complexity index is 913. The van der Waals surface area contributed by atoms with E-state index in [1.165, 1.54) is 18.2 Å². The van der Waals surface area contributed by atoms with Crippen LogP contribution in [0.2, 0.25) is 0 Å². The van der Waals surface area contributed by atoms with Crippen LogP contribution in [-0.4, -0.2) is 47.2 Å². The summed E-state index contributed by atoms with van der Waals surface area (Å²) in [5, 5.41) is 9.75. The molecule has 6 heteroatoms. The van der Waals surface area contributed by atoms with Gasteiger partial charge in [-0.25, -0.2) is 4.79 Å². The summed E-state index contributed by atoms with van der Waals surface area (Å²) in [6.45, 7) is 2.37. The van der Waals surface area contributed by atoms with Gasteiger partial charge in [-0.3, -0.25) is 4.79 Å². The van der Waals surface area contributed by atoms with E-state index < -0.39 is 5.97 Å². The van der Waals surface area contributed by atoms with Gasteiger partial charge in [0.15, 0.2) is 0 Å². The molecule has 0 amide bonds. The third-order valence-electron chi connectivity index (χ3n) is 3.20. The Labute approximate surface area is 147 Å². The van der Waals surface area contributed by atoms with Crippen molar-refractivity contribution in [1.29, 1.82) is 0 Å². The molecule has 0 aliphatic heterocycles. The molecule has 0 saturated carbocycles. The van der Waals surface area contributed by atoms with Gasteiger partial charge in [0.1, 0.15) is 16.9 Å². The van der Waals surface area contributed by atoms with Crippen molar-refractivity contribution in [2.24, 2.45) is 0 Å². The van der Waals surface area contributed by atoms with Crippen molar-refractivity contribution in [3.8, 4) is 5.75 Å². The van der Waals surface area contributed by atoms with Gasteiger partial charge in [0.25, 0.3) is 0 Å². The van der Waals surface area contributed by atoms with Gasteiger partial charge in [-0.1, -0.05) is 0 Å². The van der Waals surface area contributed by atoms with E-state index in [9.17, 15) is 9.59 Å². The molecular formula is C16H13NaO5. The van der Waals surface area contributed by atoms with Gasteiger partial charge in [0.2, 0.25) is 5.43 Å². The number of rotatable bonds is 3. The predicted octanol–water partition coefficient (Wildman–Crippen LogP) is 2.39. The first-order valence-electron chi connectivity index (χ1n) is 6.47. The molecule has 0 spiro atoms. The number of carboxylic acids is 1. The maximum atomic E-state index is 12.5. The fourth-order valence-electron chi connectivity index (χ4n) is 2.22. The first-order chi connectivity index (χ1) is 10.1. The first kappa shape index (κ1) is 16.5. The van der Waals surface area contributed by atoms with E-state index in [0.717, 1.165) is 0 Å². The Morgan fingerprint density at radius 3 is 2.59 bits per heavy atom. The Morgan fingerprint density at radius 2 is 1.91 bits per heavy atom. The molecule has 22 heavy (non-hydrogen) atoms. The second-order valence-electron chi connectivity index (χ2n) is 4.54. The summed E-state index contributed by atoms with van der Waals surface area (Å²) in [4.78, 5) is 23.4. The van der Waals surface area contributed by atoms with Crippen LogP contribution in [0.5, 0.6) is 5.75 Å².